The van der Waals surface area contributed by atoms with Crippen LogP contribution in [0.3, 0.4) is 0 Å². The van der Waals surface area contributed by atoms with Crippen molar-refractivity contribution in [3.05, 3.63) is 70.8 Å². The Labute approximate surface area is 263 Å². The maximum atomic E-state index is 13.5. The molecule has 0 heterocycles. The number of carbonyl (C=O) groups excluding carboxylic acids is 2. The van der Waals surface area contributed by atoms with Gasteiger partial charge in [0.1, 0.15) is 22.0 Å². The molecule has 2 nitrogen and oxygen atoms in total. The van der Waals surface area contributed by atoms with Gasteiger partial charge in [0.15, 0.2) is 10.5 Å². The van der Waals surface area contributed by atoms with Crippen molar-refractivity contribution in [2.24, 2.45) is 5.92 Å². The van der Waals surface area contributed by atoms with Crippen molar-refractivity contribution in [2.45, 2.75) is 134 Å². The fraction of sp³-hybridized carbons (Fsp3) is 0.632. The van der Waals surface area contributed by atoms with Gasteiger partial charge >= 0.3 is 0 Å². The second-order valence-electron chi connectivity index (χ2n) is 12.8. The average Bonchev–Trinajstić information content (AvgIpc) is 3.52. The van der Waals surface area contributed by atoms with Crippen LogP contribution in [0.2, 0.25) is 0 Å². The molecule has 0 amide bonds. The van der Waals surface area contributed by atoms with E-state index in [1.54, 1.807) is 0 Å². The number of benzene rings is 2. The third-order valence-corrected chi connectivity index (χ3v) is 15.5. The van der Waals surface area contributed by atoms with Crippen LogP contribution < -0.4 is 0 Å². The quantitative estimate of drug-likeness (QED) is 0.177. The van der Waals surface area contributed by atoms with Crippen LogP contribution in [0, 0.1) is 19.8 Å². The Hall–Kier alpha value is -1.52. The van der Waals surface area contributed by atoms with Gasteiger partial charge in [0, 0.05) is 27.9 Å². The molecule has 4 atom stereocenters. The molecule has 2 aromatic rings. The summed E-state index contributed by atoms with van der Waals surface area (Å²) in [6.45, 7) is 15.4. The van der Waals surface area contributed by atoms with Crippen molar-refractivity contribution < 1.29 is 9.59 Å². The van der Waals surface area contributed by atoms with E-state index in [1.165, 1.54) is 81.1 Å². The largest absolute Gasteiger partial charge is 0.289 e. The number of aryl methyl sites for hydroxylation is 2. The van der Waals surface area contributed by atoms with E-state index in [9.17, 15) is 9.59 Å². The van der Waals surface area contributed by atoms with E-state index >= 15 is 0 Å². The first-order chi connectivity index (χ1) is 20.2. The van der Waals surface area contributed by atoms with Gasteiger partial charge in [-0.05, 0) is 110 Å². The predicted octanol–water partition coefficient (Wildman–Crippen LogP) is 9.71. The van der Waals surface area contributed by atoms with E-state index in [0.717, 1.165) is 22.1 Å². The number of hydrogen-bond donors (Lipinski definition) is 0. The van der Waals surface area contributed by atoms with Gasteiger partial charge in [-0.25, -0.2) is 0 Å². The second kappa shape index (κ2) is 17.7. The van der Waals surface area contributed by atoms with Crippen LogP contribution in [0.15, 0.2) is 48.5 Å². The molecule has 0 radical (unpaired) electrons. The summed E-state index contributed by atoms with van der Waals surface area (Å²) >= 11 is 0. The van der Waals surface area contributed by atoms with Crippen LogP contribution in [-0.2, 0) is 21.8 Å². The van der Waals surface area contributed by atoms with E-state index in [-0.39, 0.29) is 32.3 Å². The van der Waals surface area contributed by atoms with Gasteiger partial charge in [0.25, 0.3) is 0 Å². The molecule has 0 aliphatic heterocycles. The highest BCUT2D eigenvalue weighted by atomic mass is 32.2. The number of rotatable bonds is 12. The standard InChI is InChI=1S/C22H33OS.C16H25OS/c1-17(2)24(20-15-7-4-8-16-20)22(19-13-9-10-14-19)21(23)18-11-5-3-6-12-18;1-6-8-18(7-2)14(5)16(17)15-10-12(3)9-13(4)11-15/h3,5-6,11-12,17,19-20,22H,4,7-10,13-16H2,1-2H3;9-11,14H,6-8H2,1-5H3/q2*+1. The summed E-state index contributed by atoms with van der Waals surface area (Å²) in [5.41, 5.74) is 4.19. The van der Waals surface area contributed by atoms with Crippen molar-refractivity contribution in [1.82, 2.24) is 0 Å². The Balaban J connectivity index is 0.000000241. The maximum Gasteiger partial charge on any atom is 0.215 e. The molecule has 42 heavy (non-hydrogen) atoms. The van der Waals surface area contributed by atoms with Gasteiger partial charge < -0.3 is 0 Å². The Morgan fingerprint density at radius 1 is 0.762 bits per heavy atom. The van der Waals surface area contributed by atoms with Gasteiger partial charge in [-0.3, -0.25) is 9.59 Å². The van der Waals surface area contributed by atoms with Crippen molar-refractivity contribution in [3.63, 3.8) is 0 Å². The fourth-order valence-electron chi connectivity index (χ4n) is 7.15. The lowest BCUT2D eigenvalue weighted by Crippen LogP contribution is -2.47. The number of ketones is 2. The van der Waals surface area contributed by atoms with Gasteiger partial charge in [-0.15, -0.1) is 0 Å². The van der Waals surface area contributed by atoms with Crippen LogP contribution in [0.1, 0.15) is 131 Å². The number of carbonyl (C=O) groups is 2. The van der Waals surface area contributed by atoms with Gasteiger partial charge in [-0.1, -0.05) is 73.7 Å². The minimum absolute atomic E-state index is 0.163. The van der Waals surface area contributed by atoms with E-state index in [0.29, 0.717) is 22.7 Å². The highest BCUT2D eigenvalue weighted by molar-refractivity contribution is 7.99. The van der Waals surface area contributed by atoms with Crippen LogP contribution in [0.5, 0.6) is 0 Å². The zero-order valence-electron chi connectivity index (χ0n) is 27.6. The lowest BCUT2D eigenvalue weighted by atomic mass is 9.96. The molecule has 2 aromatic carbocycles. The van der Waals surface area contributed by atoms with Crippen molar-refractivity contribution >= 4 is 33.4 Å². The SMILES string of the molecule is CC(C)[S+](C1CCCCC1)C(C(=O)c1ccccc1)C1CCCC1.CCC[S+](CC)C(C)C(=O)c1cc(C)cc(C)c1. The van der Waals surface area contributed by atoms with E-state index in [1.807, 2.05) is 42.5 Å². The Morgan fingerprint density at radius 3 is 1.86 bits per heavy atom. The average molecular weight is 611 g/mol. The van der Waals surface area contributed by atoms with E-state index in [2.05, 4.69) is 54.5 Å². The summed E-state index contributed by atoms with van der Waals surface area (Å²) in [5, 5.41) is 1.86. The first-order valence-corrected chi connectivity index (χ1v) is 19.8. The van der Waals surface area contributed by atoms with Crippen molar-refractivity contribution in [1.29, 1.82) is 0 Å². The van der Waals surface area contributed by atoms with Gasteiger partial charge in [-0.2, -0.15) is 0 Å². The summed E-state index contributed by atoms with van der Waals surface area (Å²) < 4.78 is 0. The molecule has 2 aliphatic rings. The maximum absolute atomic E-state index is 13.5. The molecular formula is C38H58O2S2+2. The Bertz CT molecular complexity index is 1080. The minimum Gasteiger partial charge on any atom is -0.289 e. The highest BCUT2D eigenvalue weighted by Crippen LogP contribution is 2.40. The second-order valence-corrected chi connectivity index (χ2v) is 18.5. The van der Waals surface area contributed by atoms with Gasteiger partial charge in [0.05, 0.1) is 0 Å². The monoisotopic (exact) mass is 610 g/mol. The predicted molar refractivity (Wildman–Crippen MR) is 189 cm³/mol. The zero-order valence-corrected chi connectivity index (χ0v) is 29.3. The molecule has 0 N–H and O–H groups in total. The molecule has 4 unspecified atom stereocenters. The first kappa shape index (κ1) is 35.0. The summed E-state index contributed by atoms with van der Waals surface area (Å²) in [6, 6.07) is 16.3. The third-order valence-electron chi connectivity index (χ3n) is 9.13. The van der Waals surface area contributed by atoms with E-state index in [4.69, 9.17) is 0 Å². The molecule has 2 saturated carbocycles. The zero-order chi connectivity index (χ0) is 30.6. The summed E-state index contributed by atoms with van der Waals surface area (Å²) in [4.78, 5) is 26.1. The van der Waals surface area contributed by atoms with Crippen LogP contribution in [-0.4, -0.2) is 44.1 Å². The number of hydrogen-bond acceptors (Lipinski definition) is 2. The Kier molecular flexibility index (Phi) is 14.7. The van der Waals surface area contributed by atoms with E-state index < -0.39 is 0 Å². The molecule has 2 fully saturated rings. The summed E-state index contributed by atoms with van der Waals surface area (Å²) in [6.07, 6.45) is 13.2. The molecule has 0 bridgehead atoms. The normalized spacial score (nSPS) is 19.0. The fourth-order valence-corrected chi connectivity index (χ4v) is 13.0. The van der Waals surface area contributed by atoms with Crippen LogP contribution >= 0.6 is 0 Å². The smallest absolute Gasteiger partial charge is 0.215 e. The Morgan fingerprint density at radius 2 is 1.33 bits per heavy atom. The number of Topliss-reactive ketones (excluding diaryl/α,β-unsaturated/α-hetero) is 2. The van der Waals surface area contributed by atoms with Crippen LogP contribution in [0.25, 0.3) is 0 Å². The molecule has 4 rings (SSSR count). The summed E-state index contributed by atoms with van der Waals surface area (Å²) in [5.74, 6) is 3.69. The lowest BCUT2D eigenvalue weighted by Gasteiger charge is -2.32. The van der Waals surface area contributed by atoms with Crippen LogP contribution in [0.4, 0.5) is 0 Å². The lowest BCUT2D eigenvalue weighted by molar-refractivity contribution is 0.0966. The molecule has 232 valence electrons. The van der Waals surface area contributed by atoms with Crippen molar-refractivity contribution in [2.75, 3.05) is 11.5 Å². The molecule has 2 aliphatic carbocycles. The molecule has 0 aromatic heterocycles. The molecular weight excluding hydrogens is 553 g/mol. The molecule has 0 saturated heterocycles. The summed E-state index contributed by atoms with van der Waals surface area (Å²) in [7, 11) is 0.460. The molecule has 4 heteroatoms. The topological polar surface area (TPSA) is 34.1 Å². The molecule has 0 spiro atoms. The minimum atomic E-state index is 0.163. The van der Waals surface area contributed by atoms with Crippen molar-refractivity contribution in [3.8, 4) is 0 Å². The van der Waals surface area contributed by atoms with Gasteiger partial charge in [0.2, 0.25) is 11.6 Å². The first-order valence-electron chi connectivity index (χ1n) is 16.8. The highest BCUT2D eigenvalue weighted by Gasteiger charge is 2.49. The third kappa shape index (κ3) is 9.74.